The molecule has 7 heteroatoms. The van der Waals surface area contributed by atoms with Crippen molar-refractivity contribution in [2.24, 2.45) is 0 Å². The van der Waals surface area contributed by atoms with Crippen molar-refractivity contribution in [3.8, 4) is 0 Å². The Morgan fingerprint density at radius 2 is 2.16 bits per heavy atom. The minimum atomic E-state index is -1.06. The quantitative estimate of drug-likeness (QED) is 0.678. The Hall–Kier alpha value is -2.54. The number of fused-ring (bicyclic) bond motifs is 2. The number of imide groups is 1. The molecule has 1 aliphatic carbocycles. The van der Waals surface area contributed by atoms with Crippen LogP contribution in [-0.2, 0) is 16.8 Å². The highest BCUT2D eigenvalue weighted by atomic mass is 32.1. The van der Waals surface area contributed by atoms with Gasteiger partial charge in [0.25, 0.3) is 5.91 Å². The molecule has 1 N–H and O–H groups in total. The summed E-state index contributed by atoms with van der Waals surface area (Å²) in [6.07, 6.45) is 2.21. The fourth-order valence-electron chi connectivity index (χ4n) is 3.58. The number of urea groups is 1. The van der Waals surface area contributed by atoms with Gasteiger partial charge in [0, 0.05) is 16.0 Å². The largest absolute Gasteiger partial charge is 0.325 e. The summed E-state index contributed by atoms with van der Waals surface area (Å²) in [5, 5.41) is 4.71. The molecule has 128 valence electrons. The van der Waals surface area contributed by atoms with Crippen LogP contribution in [0.15, 0.2) is 35.7 Å². The molecule has 0 saturated carbocycles. The Morgan fingerprint density at radius 3 is 2.96 bits per heavy atom. The second-order valence-electron chi connectivity index (χ2n) is 6.27. The normalized spacial score (nSPS) is 22.2. The van der Waals surface area contributed by atoms with Crippen molar-refractivity contribution >= 4 is 29.1 Å². The summed E-state index contributed by atoms with van der Waals surface area (Å²) < 4.78 is 13.3. The van der Waals surface area contributed by atoms with E-state index in [9.17, 15) is 18.8 Å². The molecule has 1 aromatic heterocycles. The Morgan fingerprint density at radius 1 is 1.32 bits per heavy atom. The highest BCUT2D eigenvalue weighted by Gasteiger charge is 2.54. The molecule has 2 aromatic rings. The molecule has 3 amide bonds. The van der Waals surface area contributed by atoms with Crippen molar-refractivity contribution in [1.29, 1.82) is 0 Å². The van der Waals surface area contributed by atoms with Gasteiger partial charge in [-0.1, -0.05) is 12.1 Å². The standard InChI is InChI=1S/C18H15FN2O3S/c19-12-4-1-3-11(9-12)14(22)10-21-16(23)18(20-17(21)24)7-2-5-15-13(18)6-8-25-15/h1,3-4,6,8-9H,2,5,7,10H2,(H,20,24)/t18-/m0/s1. The van der Waals surface area contributed by atoms with E-state index in [1.54, 1.807) is 11.3 Å². The fraction of sp³-hybridized carbons (Fsp3) is 0.278. The Balaban J connectivity index is 1.62. The number of halogens is 1. The van der Waals surface area contributed by atoms with Crippen molar-refractivity contribution < 1.29 is 18.8 Å². The van der Waals surface area contributed by atoms with Crippen LogP contribution >= 0.6 is 11.3 Å². The van der Waals surface area contributed by atoms with Crippen molar-refractivity contribution in [2.45, 2.75) is 24.8 Å². The maximum atomic E-state index is 13.3. The number of Topliss-reactive ketones (excluding diaryl/α,β-unsaturated/α-hetero) is 1. The molecule has 0 unspecified atom stereocenters. The number of amides is 3. The third kappa shape index (κ3) is 2.46. The number of nitrogens with zero attached hydrogens (tertiary/aromatic N) is 1. The number of carbonyl (C=O) groups is 3. The van der Waals surface area contributed by atoms with E-state index in [2.05, 4.69) is 5.32 Å². The van der Waals surface area contributed by atoms with Crippen molar-refractivity contribution in [2.75, 3.05) is 6.54 Å². The van der Waals surface area contributed by atoms with Gasteiger partial charge in [-0.2, -0.15) is 0 Å². The molecule has 1 spiro atoms. The predicted molar refractivity (Wildman–Crippen MR) is 89.9 cm³/mol. The average Bonchev–Trinajstić information content (AvgIpc) is 3.16. The van der Waals surface area contributed by atoms with Gasteiger partial charge in [0.15, 0.2) is 5.78 Å². The third-order valence-corrected chi connectivity index (χ3v) is 5.77. The second-order valence-corrected chi connectivity index (χ2v) is 7.27. The van der Waals surface area contributed by atoms with Crippen LogP contribution in [0.25, 0.3) is 0 Å². The molecule has 2 aliphatic rings. The van der Waals surface area contributed by atoms with Gasteiger partial charge in [0.05, 0.1) is 6.54 Å². The average molecular weight is 358 g/mol. The zero-order chi connectivity index (χ0) is 17.6. The van der Waals surface area contributed by atoms with E-state index in [-0.39, 0.29) is 5.56 Å². The van der Waals surface area contributed by atoms with Crippen LogP contribution in [0.5, 0.6) is 0 Å². The molecule has 1 saturated heterocycles. The van der Waals surface area contributed by atoms with E-state index in [1.807, 2.05) is 11.4 Å². The van der Waals surface area contributed by atoms with Gasteiger partial charge in [0.1, 0.15) is 11.4 Å². The zero-order valence-corrected chi connectivity index (χ0v) is 14.1. The number of carbonyl (C=O) groups excluding carboxylic acids is 3. The zero-order valence-electron chi connectivity index (χ0n) is 13.3. The first-order valence-corrected chi connectivity index (χ1v) is 8.89. The summed E-state index contributed by atoms with van der Waals surface area (Å²) >= 11 is 1.57. The lowest BCUT2D eigenvalue weighted by atomic mass is 9.80. The summed E-state index contributed by atoms with van der Waals surface area (Å²) in [4.78, 5) is 39.8. The fourth-order valence-corrected chi connectivity index (χ4v) is 4.58. The molecular formula is C18H15FN2O3S. The molecule has 25 heavy (non-hydrogen) atoms. The number of thiophene rings is 1. The number of hydrogen-bond acceptors (Lipinski definition) is 4. The van der Waals surface area contributed by atoms with Gasteiger partial charge >= 0.3 is 6.03 Å². The lowest BCUT2D eigenvalue weighted by molar-refractivity contribution is -0.131. The molecule has 5 nitrogen and oxygen atoms in total. The maximum absolute atomic E-state index is 13.3. The first-order valence-electron chi connectivity index (χ1n) is 8.01. The molecule has 2 heterocycles. The van der Waals surface area contributed by atoms with Crippen LogP contribution in [-0.4, -0.2) is 29.2 Å². The number of hydrogen-bond donors (Lipinski definition) is 1. The van der Waals surface area contributed by atoms with Crippen LogP contribution in [0, 0.1) is 5.82 Å². The molecule has 0 bridgehead atoms. The van der Waals surface area contributed by atoms with Gasteiger partial charge in [-0.3, -0.25) is 14.5 Å². The summed E-state index contributed by atoms with van der Waals surface area (Å²) in [7, 11) is 0. The number of aryl methyl sites for hydroxylation is 1. The van der Waals surface area contributed by atoms with Crippen molar-refractivity contribution in [3.05, 3.63) is 57.5 Å². The summed E-state index contributed by atoms with van der Waals surface area (Å²) in [6.45, 7) is -0.394. The van der Waals surface area contributed by atoms with E-state index in [0.29, 0.717) is 6.42 Å². The second kappa shape index (κ2) is 5.77. The smallest absolute Gasteiger partial charge is 0.319 e. The molecule has 1 aliphatic heterocycles. The topological polar surface area (TPSA) is 66.5 Å². The SMILES string of the molecule is O=C(CN1C(=O)N[C@]2(CCCc3sccc32)C1=O)c1cccc(F)c1. The number of rotatable bonds is 3. The van der Waals surface area contributed by atoms with Crippen molar-refractivity contribution in [1.82, 2.24) is 10.2 Å². The Bertz CT molecular complexity index is 894. The van der Waals surface area contributed by atoms with Crippen molar-refractivity contribution in [3.63, 3.8) is 0 Å². The van der Waals surface area contributed by atoms with Crippen LogP contribution < -0.4 is 5.32 Å². The minimum Gasteiger partial charge on any atom is -0.319 e. The van der Waals surface area contributed by atoms with E-state index in [1.165, 1.54) is 18.2 Å². The summed E-state index contributed by atoms with van der Waals surface area (Å²) in [5.74, 6) is -1.40. The Kier molecular flexibility index (Phi) is 3.68. The number of benzene rings is 1. The van der Waals surface area contributed by atoms with E-state index in [0.717, 1.165) is 34.2 Å². The van der Waals surface area contributed by atoms with E-state index >= 15 is 0 Å². The Labute approximate surface area is 147 Å². The van der Waals surface area contributed by atoms with E-state index in [4.69, 9.17) is 0 Å². The van der Waals surface area contributed by atoms with Gasteiger partial charge in [-0.25, -0.2) is 9.18 Å². The van der Waals surface area contributed by atoms with Crippen LogP contribution in [0.4, 0.5) is 9.18 Å². The van der Waals surface area contributed by atoms with Crippen LogP contribution in [0.2, 0.25) is 0 Å². The number of nitrogens with one attached hydrogen (secondary N) is 1. The molecule has 1 fully saturated rings. The van der Waals surface area contributed by atoms with Crippen LogP contribution in [0.3, 0.4) is 0 Å². The van der Waals surface area contributed by atoms with E-state index < -0.39 is 35.6 Å². The lowest BCUT2D eigenvalue weighted by Gasteiger charge is -2.31. The first kappa shape index (κ1) is 16.0. The minimum absolute atomic E-state index is 0.140. The van der Waals surface area contributed by atoms with Gasteiger partial charge < -0.3 is 5.32 Å². The summed E-state index contributed by atoms with van der Waals surface area (Å²) in [5.41, 5.74) is -0.0865. The molecular weight excluding hydrogens is 343 g/mol. The maximum Gasteiger partial charge on any atom is 0.325 e. The highest BCUT2D eigenvalue weighted by Crippen LogP contribution is 2.42. The predicted octanol–water partition coefficient (Wildman–Crippen LogP) is 2.85. The summed E-state index contributed by atoms with van der Waals surface area (Å²) in [6, 6.07) is 6.53. The first-order chi connectivity index (χ1) is 12.0. The van der Waals surface area contributed by atoms with Gasteiger partial charge in [-0.15, -0.1) is 11.3 Å². The highest BCUT2D eigenvalue weighted by molar-refractivity contribution is 7.10. The lowest BCUT2D eigenvalue weighted by Crippen LogP contribution is -2.46. The molecule has 0 radical (unpaired) electrons. The third-order valence-electron chi connectivity index (χ3n) is 4.78. The molecule has 1 atom stereocenters. The van der Waals surface area contributed by atoms with Gasteiger partial charge in [-0.05, 0) is 42.8 Å². The molecule has 4 rings (SSSR count). The number of ketones is 1. The van der Waals surface area contributed by atoms with Crippen LogP contribution in [0.1, 0.15) is 33.6 Å². The molecule has 1 aromatic carbocycles. The monoisotopic (exact) mass is 358 g/mol. The van der Waals surface area contributed by atoms with Gasteiger partial charge in [0.2, 0.25) is 0 Å².